The van der Waals surface area contributed by atoms with Crippen molar-refractivity contribution in [1.29, 1.82) is 0 Å². The summed E-state index contributed by atoms with van der Waals surface area (Å²) in [7, 11) is 0. The lowest BCUT2D eigenvalue weighted by molar-refractivity contribution is 0.114. The molecule has 31 heavy (non-hydrogen) atoms. The molecule has 0 saturated carbocycles. The third-order valence-corrected chi connectivity index (χ3v) is 5.13. The van der Waals surface area contributed by atoms with E-state index in [1.54, 1.807) is 0 Å². The predicted molar refractivity (Wildman–Crippen MR) is 149 cm³/mol. The van der Waals surface area contributed by atoms with Crippen LogP contribution in [0.1, 0.15) is 143 Å². The Morgan fingerprint density at radius 3 is 0.935 bits per heavy atom. The Hall–Kier alpha value is -0.120. The zero-order valence-corrected chi connectivity index (χ0v) is 17.7. The van der Waals surface area contributed by atoms with Crippen molar-refractivity contribution in [2.45, 2.75) is 143 Å². The van der Waals surface area contributed by atoms with Crippen LogP contribution >= 0.6 is 0 Å². The second kappa shape index (κ2) is 37.2. The third-order valence-electron chi connectivity index (χ3n) is 5.13. The summed E-state index contributed by atoms with van der Waals surface area (Å²) in [5.74, 6) is 0. The number of ether oxygens (including phenoxy) is 3. The van der Waals surface area contributed by atoms with Crippen molar-refractivity contribution in [2.24, 2.45) is 5.41 Å². The molecule has 0 radical (unpaired) electrons. The van der Waals surface area contributed by atoms with Crippen molar-refractivity contribution < 1.29 is 14.2 Å². The molecule has 0 rings (SSSR count). The quantitative estimate of drug-likeness (QED) is 0.171. The van der Waals surface area contributed by atoms with E-state index in [4.69, 9.17) is 14.2 Å². The third kappa shape index (κ3) is 29.9. The van der Waals surface area contributed by atoms with Gasteiger partial charge in [-0.15, -0.1) is 0 Å². The molecule has 0 spiro atoms. The van der Waals surface area contributed by atoms with Crippen LogP contribution in [0.4, 0.5) is 0 Å². The van der Waals surface area contributed by atoms with Gasteiger partial charge >= 0.3 is 0 Å². The normalized spacial score (nSPS) is 9.68. The van der Waals surface area contributed by atoms with Crippen molar-refractivity contribution >= 4 is 0 Å². The number of hydrogen-bond acceptors (Lipinski definition) is 3. The maximum atomic E-state index is 5.53. The Balaban J connectivity index is -0.000000192. The fourth-order valence-electron chi connectivity index (χ4n) is 3.83. The van der Waals surface area contributed by atoms with Crippen LogP contribution in [0.2, 0.25) is 0 Å². The standard InChI is InChI=1S/C22H46O3.6CH4/c1-5-15-22(16-9-12-19-23-6-2,17-10-13-20-24-7-3)18-11-14-21-25-8-4;;;;;;/h5-21H2,1-4H3;6*1H4. The fourth-order valence-corrected chi connectivity index (χ4v) is 3.83. The summed E-state index contributed by atoms with van der Waals surface area (Å²) in [6, 6.07) is 0. The molecule has 0 aliphatic rings. The summed E-state index contributed by atoms with van der Waals surface area (Å²) >= 11 is 0. The SMILES string of the molecule is C.C.C.C.C.C.CCCC(CCCCOCC)(CCCCOCC)CCCCOCC. The second-order valence-corrected chi connectivity index (χ2v) is 7.21. The zero-order chi connectivity index (χ0) is 18.6. The van der Waals surface area contributed by atoms with Gasteiger partial charge in [-0.1, -0.05) is 77.2 Å². The second-order valence-electron chi connectivity index (χ2n) is 7.21. The first-order chi connectivity index (χ1) is 12.2. The Morgan fingerprint density at radius 2 is 0.710 bits per heavy atom. The summed E-state index contributed by atoms with van der Waals surface area (Å²) in [5, 5.41) is 0. The summed E-state index contributed by atoms with van der Waals surface area (Å²) in [5.41, 5.74) is 0.527. The van der Waals surface area contributed by atoms with Crippen LogP contribution in [0.3, 0.4) is 0 Å². The predicted octanol–water partition coefficient (Wildman–Crippen LogP) is 10.2. The van der Waals surface area contributed by atoms with Gasteiger partial charge in [-0.2, -0.15) is 0 Å². The van der Waals surface area contributed by atoms with Gasteiger partial charge in [-0.25, -0.2) is 0 Å². The number of rotatable bonds is 20. The van der Waals surface area contributed by atoms with Gasteiger partial charge in [0.1, 0.15) is 0 Å². The molecule has 3 heteroatoms. The van der Waals surface area contributed by atoms with E-state index >= 15 is 0 Å². The fraction of sp³-hybridized carbons (Fsp3) is 1.00. The molecule has 0 saturated heterocycles. The molecular weight excluding hydrogens is 384 g/mol. The van der Waals surface area contributed by atoms with E-state index in [0.29, 0.717) is 5.41 Å². The largest absolute Gasteiger partial charge is 0.382 e. The van der Waals surface area contributed by atoms with Gasteiger partial charge in [0, 0.05) is 39.6 Å². The van der Waals surface area contributed by atoms with E-state index in [1.807, 2.05) is 0 Å². The maximum Gasteiger partial charge on any atom is 0.0465 e. The molecule has 200 valence electrons. The van der Waals surface area contributed by atoms with Crippen LogP contribution in [0.25, 0.3) is 0 Å². The van der Waals surface area contributed by atoms with Gasteiger partial charge < -0.3 is 14.2 Å². The van der Waals surface area contributed by atoms with Gasteiger partial charge in [-0.05, 0) is 71.1 Å². The van der Waals surface area contributed by atoms with Gasteiger partial charge in [0.15, 0.2) is 0 Å². The van der Waals surface area contributed by atoms with Gasteiger partial charge in [-0.3, -0.25) is 0 Å². The molecule has 0 amide bonds. The van der Waals surface area contributed by atoms with Crippen LogP contribution in [-0.2, 0) is 14.2 Å². The average Bonchev–Trinajstić information content (AvgIpc) is 2.61. The van der Waals surface area contributed by atoms with Crippen molar-refractivity contribution in [3.8, 4) is 0 Å². The smallest absolute Gasteiger partial charge is 0.0465 e. The first-order valence-corrected chi connectivity index (χ1v) is 11.0. The van der Waals surface area contributed by atoms with Crippen molar-refractivity contribution in [1.82, 2.24) is 0 Å². The molecule has 3 nitrogen and oxygen atoms in total. The van der Waals surface area contributed by atoms with Crippen LogP contribution in [0, 0.1) is 5.41 Å². The molecule has 0 aromatic rings. The molecular formula is C28H70O3. The molecule has 0 N–H and O–H groups in total. The summed E-state index contributed by atoms with van der Waals surface area (Å²) in [4.78, 5) is 0. The van der Waals surface area contributed by atoms with E-state index in [1.165, 1.54) is 70.6 Å². The summed E-state index contributed by atoms with van der Waals surface area (Å²) in [6.07, 6.45) is 14.3. The van der Waals surface area contributed by atoms with E-state index in [-0.39, 0.29) is 44.6 Å². The Bertz CT molecular complexity index is 221. The van der Waals surface area contributed by atoms with Crippen molar-refractivity contribution in [3.05, 3.63) is 0 Å². The first kappa shape index (κ1) is 48.3. The highest BCUT2D eigenvalue weighted by molar-refractivity contribution is 4.79. The van der Waals surface area contributed by atoms with Crippen LogP contribution in [0.5, 0.6) is 0 Å². The monoisotopic (exact) mass is 455 g/mol. The average molecular weight is 455 g/mol. The molecule has 0 aromatic carbocycles. The molecule has 0 atom stereocenters. The summed E-state index contributed by atoms with van der Waals surface area (Å²) in [6.45, 7) is 13.9. The molecule has 0 aliphatic carbocycles. The first-order valence-electron chi connectivity index (χ1n) is 11.0. The number of unbranched alkanes of at least 4 members (excludes halogenated alkanes) is 3. The highest BCUT2D eigenvalue weighted by Crippen LogP contribution is 2.40. The van der Waals surface area contributed by atoms with E-state index in [9.17, 15) is 0 Å². The Morgan fingerprint density at radius 1 is 0.419 bits per heavy atom. The van der Waals surface area contributed by atoms with Crippen LogP contribution < -0.4 is 0 Å². The molecule has 0 aromatic heterocycles. The highest BCUT2D eigenvalue weighted by atomic mass is 16.5. The lowest BCUT2D eigenvalue weighted by atomic mass is 9.71. The molecule has 0 fully saturated rings. The maximum absolute atomic E-state index is 5.53. The van der Waals surface area contributed by atoms with Gasteiger partial charge in [0.25, 0.3) is 0 Å². The van der Waals surface area contributed by atoms with E-state index in [2.05, 4.69) is 27.7 Å². The van der Waals surface area contributed by atoms with Gasteiger partial charge in [0.2, 0.25) is 0 Å². The van der Waals surface area contributed by atoms with E-state index in [0.717, 1.165) is 39.6 Å². The number of hydrogen-bond donors (Lipinski definition) is 0. The Kier molecular flexibility index (Phi) is 58.0. The zero-order valence-electron chi connectivity index (χ0n) is 17.7. The molecule has 0 bridgehead atoms. The minimum Gasteiger partial charge on any atom is -0.382 e. The topological polar surface area (TPSA) is 27.7 Å². The van der Waals surface area contributed by atoms with Crippen molar-refractivity contribution in [2.75, 3.05) is 39.6 Å². The van der Waals surface area contributed by atoms with Crippen molar-refractivity contribution in [3.63, 3.8) is 0 Å². The molecule has 0 unspecified atom stereocenters. The highest BCUT2D eigenvalue weighted by Gasteiger charge is 2.27. The molecule has 0 heterocycles. The van der Waals surface area contributed by atoms with Crippen LogP contribution in [0.15, 0.2) is 0 Å². The van der Waals surface area contributed by atoms with Gasteiger partial charge in [0.05, 0.1) is 0 Å². The lowest BCUT2D eigenvalue weighted by Gasteiger charge is -2.34. The minimum absolute atomic E-state index is 0. The molecule has 0 aliphatic heterocycles. The lowest BCUT2D eigenvalue weighted by Crippen LogP contribution is -2.22. The van der Waals surface area contributed by atoms with E-state index < -0.39 is 0 Å². The minimum atomic E-state index is 0. The van der Waals surface area contributed by atoms with Crippen LogP contribution in [-0.4, -0.2) is 39.6 Å². The summed E-state index contributed by atoms with van der Waals surface area (Å²) < 4.78 is 16.6. The Labute approximate surface area is 202 Å².